The Labute approximate surface area is 142 Å². The highest BCUT2D eigenvalue weighted by molar-refractivity contribution is 7.17. The molecule has 24 heavy (non-hydrogen) atoms. The summed E-state index contributed by atoms with van der Waals surface area (Å²) >= 11 is 1.24. The van der Waals surface area contributed by atoms with Crippen LogP contribution >= 0.6 is 11.3 Å². The number of rotatable bonds is 4. The number of aliphatic carboxylic acids is 1. The largest absolute Gasteiger partial charge is 0.481 e. The van der Waals surface area contributed by atoms with Crippen LogP contribution in [0.15, 0.2) is 30.3 Å². The van der Waals surface area contributed by atoms with E-state index in [2.05, 4.69) is 5.32 Å². The molecule has 1 aliphatic carbocycles. The normalized spacial score (nSPS) is 16.2. The Kier molecular flexibility index (Phi) is 4.35. The van der Waals surface area contributed by atoms with Crippen LogP contribution in [0, 0.1) is 0 Å². The second kappa shape index (κ2) is 6.45. The summed E-state index contributed by atoms with van der Waals surface area (Å²) in [5.74, 6) is -2.81. The summed E-state index contributed by atoms with van der Waals surface area (Å²) in [5.41, 5.74) is 6.53. The Morgan fingerprint density at radius 1 is 1.21 bits per heavy atom. The molecule has 1 aromatic heterocycles. The van der Waals surface area contributed by atoms with Crippen molar-refractivity contribution in [2.75, 3.05) is 5.32 Å². The molecule has 124 valence electrons. The van der Waals surface area contributed by atoms with Gasteiger partial charge in [0.1, 0.15) is 5.00 Å². The van der Waals surface area contributed by atoms with E-state index < -0.39 is 17.8 Å². The monoisotopic (exact) mass is 344 g/mol. The molecule has 0 spiro atoms. The molecule has 1 heterocycles. The molecule has 1 unspecified atom stereocenters. The average Bonchev–Trinajstić information content (AvgIpc) is 2.93. The number of amides is 2. The summed E-state index contributed by atoms with van der Waals surface area (Å²) in [4.78, 5) is 36.6. The fourth-order valence-corrected chi connectivity index (χ4v) is 4.30. The zero-order chi connectivity index (χ0) is 17.3. The first-order valence-corrected chi connectivity index (χ1v) is 8.35. The fourth-order valence-electron chi connectivity index (χ4n) is 3.00. The molecule has 1 aliphatic rings. The molecule has 0 fully saturated rings. The van der Waals surface area contributed by atoms with Crippen molar-refractivity contribution in [2.24, 2.45) is 5.73 Å². The van der Waals surface area contributed by atoms with Crippen LogP contribution in [-0.2, 0) is 11.2 Å². The minimum Gasteiger partial charge on any atom is -0.481 e. The molecule has 0 radical (unpaired) electrons. The van der Waals surface area contributed by atoms with Crippen molar-refractivity contribution in [2.45, 2.75) is 25.2 Å². The van der Waals surface area contributed by atoms with Gasteiger partial charge in [-0.3, -0.25) is 14.4 Å². The van der Waals surface area contributed by atoms with Gasteiger partial charge in [-0.05, 0) is 37.0 Å². The number of carbonyl (C=O) groups excluding carboxylic acids is 2. The Hall–Kier alpha value is -2.67. The third-order valence-corrected chi connectivity index (χ3v) is 5.26. The summed E-state index contributed by atoms with van der Waals surface area (Å²) in [6, 6.07) is 8.60. The third-order valence-electron chi connectivity index (χ3n) is 4.07. The lowest BCUT2D eigenvalue weighted by Gasteiger charge is -2.19. The molecular formula is C17H16N2O4S. The standard InChI is InChI=1S/C17H16N2O4S/c18-14(20)13-12-10(17(22)23)7-4-8-11(12)24-16(13)19-15(21)9-5-2-1-3-6-9/h1-3,5-6,10H,4,7-8H2,(H2,18,20)(H,19,21)(H,22,23). The summed E-state index contributed by atoms with van der Waals surface area (Å²) in [6.45, 7) is 0. The van der Waals surface area contributed by atoms with Crippen LogP contribution in [0.2, 0.25) is 0 Å². The first kappa shape index (κ1) is 16.2. The molecule has 2 aromatic rings. The summed E-state index contributed by atoms with van der Waals surface area (Å²) in [7, 11) is 0. The minimum absolute atomic E-state index is 0.131. The lowest BCUT2D eigenvalue weighted by atomic mass is 9.85. The zero-order valence-corrected chi connectivity index (χ0v) is 13.6. The Bertz CT molecular complexity index is 813. The number of aryl methyl sites for hydroxylation is 1. The van der Waals surface area contributed by atoms with Gasteiger partial charge in [0, 0.05) is 10.4 Å². The van der Waals surface area contributed by atoms with Gasteiger partial charge in [-0.15, -0.1) is 11.3 Å². The van der Waals surface area contributed by atoms with E-state index in [1.54, 1.807) is 30.3 Å². The second-order valence-electron chi connectivity index (χ2n) is 5.61. The van der Waals surface area contributed by atoms with E-state index in [-0.39, 0.29) is 11.5 Å². The zero-order valence-electron chi connectivity index (χ0n) is 12.7. The van der Waals surface area contributed by atoms with Crippen molar-refractivity contribution in [3.63, 3.8) is 0 Å². The predicted molar refractivity (Wildman–Crippen MR) is 90.5 cm³/mol. The van der Waals surface area contributed by atoms with E-state index in [1.807, 2.05) is 0 Å². The maximum absolute atomic E-state index is 12.3. The van der Waals surface area contributed by atoms with Crippen molar-refractivity contribution < 1.29 is 19.5 Å². The molecule has 7 heteroatoms. The SMILES string of the molecule is NC(=O)c1c(NC(=O)c2ccccc2)sc2c1C(C(=O)O)CCC2. The highest BCUT2D eigenvalue weighted by Crippen LogP contribution is 2.43. The van der Waals surface area contributed by atoms with Crippen LogP contribution in [0.3, 0.4) is 0 Å². The summed E-state index contributed by atoms with van der Waals surface area (Å²) < 4.78 is 0. The van der Waals surface area contributed by atoms with E-state index >= 15 is 0 Å². The van der Waals surface area contributed by atoms with Gasteiger partial charge in [0.15, 0.2) is 0 Å². The van der Waals surface area contributed by atoms with Crippen LogP contribution in [-0.4, -0.2) is 22.9 Å². The van der Waals surface area contributed by atoms with Crippen molar-refractivity contribution >= 4 is 34.1 Å². The maximum Gasteiger partial charge on any atom is 0.311 e. The molecule has 0 bridgehead atoms. The number of hydrogen-bond donors (Lipinski definition) is 3. The number of hydrogen-bond acceptors (Lipinski definition) is 4. The number of anilines is 1. The molecule has 0 aliphatic heterocycles. The second-order valence-corrected chi connectivity index (χ2v) is 6.72. The molecule has 1 aromatic carbocycles. The number of carbonyl (C=O) groups is 3. The van der Waals surface area contributed by atoms with Gasteiger partial charge in [-0.25, -0.2) is 0 Å². The minimum atomic E-state index is -0.975. The van der Waals surface area contributed by atoms with Gasteiger partial charge in [-0.1, -0.05) is 18.2 Å². The fraction of sp³-hybridized carbons (Fsp3) is 0.235. The van der Waals surface area contributed by atoms with Crippen LogP contribution < -0.4 is 11.1 Å². The lowest BCUT2D eigenvalue weighted by Crippen LogP contribution is -2.23. The number of thiophene rings is 1. The smallest absolute Gasteiger partial charge is 0.311 e. The van der Waals surface area contributed by atoms with E-state index in [9.17, 15) is 19.5 Å². The van der Waals surface area contributed by atoms with E-state index in [0.29, 0.717) is 29.0 Å². The number of fused-ring (bicyclic) bond motifs is 1. The highest BCUT2D eigenvalue weighted by atomic mass is 32.1. The Morgan fingerprint density at radius 3 is 2.54 bits per heavy atom. The Balaban J connectivity index is 2.01. The van der Waals surface area contributed by atoms with Crippen molar-refractivity contribution in [1.29, 1.82) is 0 Å². The first-order valence-electron chi connectivity index (χ1n) is 7.53. The van der Waals surface area contributed by atoms with Crippen LogP contribution in [0.1, 0.15) is 49.9 Å². The van der Waals surface area contributed by atoms with Crippen LogP contribution in [0.4, 0.5) is 5.00 Å². The molecule has 3 rings (SSSR count). The summed E-state index contributed by atoms with van der Waals surface area (Å²) in [6.07, 6.45) is 1.88. The van der Waals surface area contributed by atoms with E-state index in [1.165, 1.54) is 11.3 Å². The van der Waals surface area contributed by atoms with E-state index in [0.717, 1.165) is 11.3 Å². The number of nitrogens with one attached hydrogen (secondary N) is 1. The molecular weight excluding hydrogens is 328 g/mol. The van der Waals surface area contributed by atoms with Gasteiger partial charge in [0.05, 0.1) is 11.5 Å². The maximum atomic E-state index is 12.3. The van der Waals surface area contributed by atoms with Crippen molar-refractivity contribution in [3.05, 3.63) is 51.9 Å². The lowest BCUT2D eigenvalue weighted by molar-refractivity contribution is -0.139. The molecule has 0 saturated carbocycles. The van der Waals surface area contributed by atoms with Gasteiger partial charge >= 0.3 is 5.97 Å². The topological polar surface area (TPSA) is 109 Å². The van der Waals surface area contributed by atoms with Gasteiger partial charge < -0.3 is 16.2 Å². The van der Waals surface area contributed by atoms with Crippen molar-refractivity contribution in [1.82, 2.24) is 0 Å². The van der Waals surface area contributed by atoms with Gasteiger partial charge in [0.25, 0.3) is 11.8 Å². The van der Waals surface area contributed by atoms with Crippen molar-refractivity contribution in [3.8, 4) is 0 Å². The van der Waals surface area contributed by atoms with Gasteiger partial charge in [0.2, 0.25) is 0 Å². The molecule has 4 N–H and O–H groups in total. The number of benzene rings is 1. The number of carboxylic acids is 1. The Morgan fingerprint density at radius 2 is 1.92 bits per heavy atom. The number of primary amides is 1. The molecule has 0 saturated heterocycles. The predicted octanol–water partition coefficient (Wildman–Crippen LogP) is 2.60. The third kappa shape index (κ3) is 2.90. The highest BCUT2D eigenvalue weighted by Gasteiger charge is 2.34. The number of carboxylic acid groups (broad SMARTS) is 1. The van der Waals surface area contributed by atoms with Gasteiger partial charge in [-0.2, -0.15) is 0 Å². The molecule has 1 atom stereocenters. The quantitative estimate of drug-likeness (QED) is 0.792. The first-order chi connectivity index (χ1) is 11.5. The molecule has 2 amide bonds. The average molecular weight is 344 g/mol. The number of nitrogens with two attached hydrogens (primary N) is 1. The van der Waals surface area contributed by atoms with Crippen LogP contribution in [0.5, 0.6) is 0 Å². The van der Waals surface area contributed by atoms with E-state index in [4.69, 9.17) is 5.73 Å². The van der Waals surface area contributed by atoms with Crippen LogP contribution in [0.25, 0.3) is 0 Å². The summed E-state index contributed by atoms with van der Waals surface area (Å²) in [5, 5.41) is 12.5. The molecule has 6 nitrogen and oxygen atoms in total.